The molecule has 2 aromatic carbocycles. The Morgan fingerprint density at radius 1 is 0.842 bits per heavy atom. The molecule has 19 heavy (non-hydrogen) atoms. The van der Waals surface area contributed by atoms with Gasteiger partial charge in [0.25, 0.3) is 0 Å². The van der Waals surface area contributed by atoms with Gasteiger partial charge in [0.15, 0.2) is 2.14 Å². The SMILES string of the molecule is BrC(Br)(Br)C(OCc1ccccc1)c1ccccc1. The summed E-state index contributed by atoms with van der Waals surface area (Å²) in [6.07, 6.45) is -0.145. The Labute approximate surface area is 138 Å². The van der Waals surface area contributed by atoms with Crippen molar-refractivity contribution in [2.45, 2.75) is 14.9 Å². The Morgan fingerprint density at radius 3 is 1.89 bits per heavy atom. The van der Waals surface area contributed by atoms with Crippen molar-refractivity contribution >= 4 is 47.8 Å². The van der Waals surface area contributed by atoms with Crippen LogP contribution in [-0.4, -0.2) is 2.14 Å². The van der Waals surface area contributed by atoms with Crippen LogP contribution < -0.4 is 0 Å². The summed E-state index contributed by atoms with van der Waals surface area (Å²) in [5.41, 5.74) is 2.25. The van der Waals surface area contributed by atoms with Gasteiger partial charge in [-0.2, -0.15) is 0 Å². The molecule has 0 bridgehead atoms. The third-order valence-electron chi connectivity index (χ3n) is 2.66. The van der Waals surface area contributed by atoms with Crippen molar-refractivity contribution in [3.63, 3.8) is 0 Å². The van der Waals surface area contributed by atoms with E-state index in [9.17, 15) is 0 Å². The molecule has 2 rings (SSSR count). The van der Waals surface area contributed by atoms with E-state index in [-0.39, 0.29) is 6.10 Å². The van der Waals surface area contributed by atoms with Gasteiger partial charge in [-0.05, 0) is 11.1 Å². The van der Waals surface area contributed by atoms with Crippen LogP contribution in [0.3, 0.4) is 0 Å². The van der Waals surface area contributed by atoms with E-state index in [0.717, 1.165) is 11.1 Å². The second-order valence-electron chi connectivity index (χ2n) is 4.13. The van der Waals surface area contributed by atoms with Gasteiger partial charge in [-0.3, -0.25) is 0 Å². The highest BCUT2D eigenvalue weighted by atomic mass is 80.0. The van der Waals surface area contributed by atoms with E-state index in [0.29, 0.717) is 6.61 Å². The zero-order chi connectivity index (χ0) is 13.7. The molecule has 4 heteroatoms. The third-order valence-corrected chi connectivity index (χ3v) is 3.91. The molecule has 0 aliphatic heterocycles. The Balaban J connectivity index is 2.12. The first-order valence-corrected chi connectivity index (χ1v) is 8.22. The van der Waals surface area contributed by atoms with Gasteiger partial charge in [0, 0.05) is 0 Å². The lowest BCUT2D eigenvalue weighted by Crippen LogP contribution is -2.18. The molecule has 0 amide bonds. The molecular formula is C15H13Br3O. The van der Waals surface area contributed by atoms with E-state index in [4.69, 9.17) is 4.74 Å². The van der Waals surface area contributed by atoms with Crippen molar-refractivity contribution in [2.75, 3.05) is 0 Å². The van der Waals surface area contributed by atoms with Gasteiger partial charge in [-0.1, -0.05) is 108 Å². The highest BCUT2D eigenvalue weighted by Crippen LogP contribution is 2.47. The van der Waals surface area contributed by atoms with Gasteiger partial charge >= 0.3 is 0 Å². The summed E-state index contributed by atoms with van der Waals surface area (Å²) in [7, 11) is 0. The summed E-state index contributed by atoms with van der Waals surface area (Å²) >= 11 is 10.7. The van der Waals surface area contributed by atoms with Crippen molar-refractivity contribution in [1.82, 2.24) is 0 Å². The number of halogens is 3. The van der Waals surface area contributed by atoms with Crippen LogP contribution in [-0.2, 0) is 11.3 Å². The molecule has 0 saturated carbocycles. The van der Waals surface area contributed by atoms with Crippen molar-refractivity contribution in [2.24, 2.45) is 0 Å². The van der Waals surface area contributed by atoms with Crippen LogP contribution in [0.5, 0.6) is 0 Å². The molecular weight excluding hydrogens is 436 g/mol. The fourth-order valence-corrected chi connectivity index (χ4v) is 2.95. The second-order valence-corrected chi connectivity index (χ2v) is 11.1. The topological polar surface area (TPSA) is 9.23 Å². The van der Waals surface area contributed by atoms with Crippen LogP contribution in [0.4, 0.5) is 0 Å². The average molecular weight is 449 g/mol. The molecule has 0 fully saturated rings. The number of hydrogen-bond acceptors (Lipinski definition) is 1. The van der Waals surface area contributed by atoms with Crippen molar-refractivity contribution in [1.29, 1.82) is 0 Å². The molecule has 0 heterocycles. The molecule has 1 nitrogen and oxygen atoms in total. The minimum absolute atomic E-state index is 0.145. The maximum atomic E-state index is 6.04. The summed E-state index contributed by atoms with van der Waals surface area (Å²) in [5.74, 6) is 0. The predicted molar refractivity (Wildman–Crippen MR) is 89.9 cm³/mol. The summed E-state index contributed by atoms with van der Waals surface area (Å²) < 4.78 is 5.56. The molecule has 0 N–H and O–H groups in total. The van der Waals surface area contributed by atoms with E-state index in [1.54, 1.807) is 0 Å². The summed E-state index contributed by atoms with van der Waals surface area (Å²) in [6, 6.07) is 20.3. The maximum Gasteiger partial charge on any atom is 0.165 e. The lowest BCUT2D eigenvalue weighted by molar-refractivity contribution is 0.0489. The van der Waals surface area contributed by atoms with E-state index in [1.807, 2.05) is 48.5 Å². The highest BCUT2D eigenvalue weighted by Gasteiger charge is 2.33. The van der Waals surface area contributed by atoms with E-state index in [2.05, 4.69) is 59.9 Å². The van der Waals surface area contributed by atoms with Crippen LogP contribution in [0, 0.1) is 0 Å². The lowest BCUT2D eigenvalue weighted by Gasteiger charge is -2.26. The number of hydrogen-bond donors (Lipinski definition) is 0. The van der Waals surface area contributed by atoms with Crippen LogP contribution in [0.2, 0.25) is 0 Å². The third kappa shape index (κ3) is 4.71. The van der Waals surface area contributed by atoms with Gasteiger partial charge < -0.3 is 4.74 Å². The van der Waals surface area contributed by atoms with Gasteiger partial charge in [-0.25, -0.2) is 0 Å². The predicted octanol–water partition coefficient (Wildman–Crippen LogP) is 5.78. The van der Waals surface area contributed by atoms with Crippen molar-refractivity contribution < 1.29 is 4.74 Å². The lowest BCUT2D eigenvalue weighted by atomic mass is 10.1. The number of ether oxygens (including phenoxy) is 1. The zero-order valence-electron chi connectivity index (χ0n) is 10.1. The van der Waals surface area contributed by atoms with Crippen LogP contribution >= 0.6 is 47.8 Å². The van der Waals surface area contributed by atoms with Gasteiger partial charge in [0.2, 0.25) is 0 Å². The molecule has 100 valence electrons. The average Bonchev–Trinajstić information content (AvgIpc) is 2.40. The fourth-order valence-electron chi connectivity index (χ4n) is 1.76. The quantitative estimate of drug-likeness (QED) is 0.538. The van der Waals surface area contributed by atoms with Gasteiger partial charge in [-0.15, -0.1) is 0 Å². The largest absolute Gasteiger partial charge is 0.366 e. The molecule has 0 aromatic heterocycles. The molecule has 1 unspecified atom stereocenters. The second kappa shape index (κ2) is 7.02. The monoisotopic (exact) mass is 446 g/mol. The van der Waals surface area contributed by atoms with Gasteiger partial charge in [0.05, 0.1) is 6.61 Å². The van der Waals surface area contributed by atoms with Crippen LogP contribution in [0.25, 0.3) is 0 Å². The smallest absolute Gasteiger partial charge is 0.165 e. The van der Waals surface area contributed by atoms with Gasteiger partial charge in [0.1, 0.15) is 6.10 Å². The van der Waals surface area contributed by atoms with Crippen molar-refractivity contribution in [3.8, 4) is 0 Å². The first kappa shape index (κ1) is 15.2. The highest BCUT2D eigenvalue weighted by molar-refractivity contribution is 9.39. The van der Waals surface area contributed by atoms with E-state index in [1.165, 1.54) is 0 Å². The maximum absolute atomic E-state index is 6.04. The Morgan fingerprint density at radius 2 is 1.37 bits per heavy atom. The Bertz CT molecular complexity index is 494. The molecule has 0 saturated heterocycles. The number of alkyl halides is 3. The summed E-state index contributed by atoms with van der Waals surface area (Å²) in [4.78, 5) is 0. The van der Waals surface area contributed by atoms with Crippen molar-refractivity contribution in [3.05, 3.63) is 71.8 Å². The minimum Gasteiger partial charge on any atom is -0.366 e. The fraction of sp³-hybridized carbons (Fsp3) is 0.200. The molecule has 0 aliphatic rings. The minimum atomic E-state index is -0.483. The van der Waals surface area contributed by atoms with Crippen LogP contribution in [0.15, 0.2) is 60.7 Å². The first-order valence-electron chi connectivity index (χ1n) is 5.84. The number of benzene rings is 2. The normalized spacial score (nSPS) is 13.2. The summed E-state index contributed by atoms with van der Waals surface area (Å²) in [5, 5.41) is 0. The first-order chi connectivity index (χ1) is 9.07. The molecule has 0 radical (unpaired) electrons. The Kier molecular flexibility index (Phi) is 5.63. The molecule has 1 atom stereocenters. The summed E-state index contributed by atoms with van der Waals surface area (Å²) in [6.45, 7) is 0.560. The molecule has 2 aromatic rings. The van der Waals surface area contributed by atoms with E-state index >= 15 is 0 Å². The standard InChI is InChI=1S/C15H13Br3O/c16-15(17,18)14(13-9-5-2-6-10-13)19-11-12-7-3-1-4-8-12/h1-10,14H,11H2. The van der Waals surface area contributed by atoms with Crippen LogP contribution in [0.1, 0.15) is 17.2 Å². The molecule has 0 spiro atoms. The Hall–Kier alpha value is -0.160. The molecule has 0 aliphatic carbocycles. The number of rotatable bonds is 4. The van der Waals surface area contributed by atoms with E-state index < -0.39 is 2.14 Å². The zero-order valence-corrected chi connectivity index (χ0v) is 14.9.